The summed E-state index contributed by atoms with van der Waals surface area (Å²) in [6.45, 7) is 0. The molecule has 0 N–H and O–H groups in total. The summed E-state index contributed by atoms with van der Waals surface area (Å²) in [7, 11) is 0. The molecule has 1 saturated carbocycles. The Morgan fingerprint density at radius 2 is 1.48 bits per heavy atom. The van der Waals surface area contributed by atoms with Crippen LogP contribution in [0.1, 0.15) is 48.0 Å². The van der Waals surface area contributed by atoms with Gasteiger partial charge < -0.3 is 0 Å². The predicted molar refractivity (Wildman–Crippen MR) is 84.5 cm³/mol. The van der Waals surface area contributed by atoms with Crippen molar-refractivity contribution in [3.05, 3.63) is 65.7 Å². The van der Waals surface area contributed by atoms with Gasteiger partial charge in [-0.2, -0.15) is 0 Å². The SMILES string of the molecule is O=C1c2ccccc2C2(CCCCC2)N1c1ccccc1. The fourth-order valence-corrected chi connectivity index (χ4v) is 4.08. The zero-order chi connectivity index (χ0) is 14.3. The number of hydrogen-bond donors (Lipinski definition) is 0. The molecule has 0 unspecified atom stereocenters. The van der Waals surface area contributed by atoms with Crippen molar-refractivity contribution in [3.63, 3.8) is 0 Å². The van der Waals surface area contributed by atoms with Crippen molar-refractivity contribution < 1.29 is 4.79 Å². The van der Waals surface area contributed by atoms with Crippen LogP contribution in [0.3, 0.4) is 0 Å². The minimum Gasteiger partial charge on any atom is -0.298 e. The molecule has 0 aromatic heterocycles. The maximum atomic E-state index is 13.0. The third-order valence-electron chi connectivity index (χ3n) is 4.99. The third-order valence-corrected chi connectivity index (χ3v) is 4.99. The Labute approximate surface area is 125 Å². The Morgan fingerprint density at radius 1 is 0.810 bits per heavy atom. The lowest BCUT2D eigenvalue weighted by molar-refractivity contribution is 0.0965. The van der Waals surface area contributed by atoms with Gasteiger partial charge in [0.05, 0.1) is 5.54 Å². The first-order chi connectivity index (χ1) is 10.3. The monoisotopic (exact) mass is 277 g/mol. The van der Waals surface area contributed by atoms with Gasteiger partial charge >= 0.3 is 0 Å². The highest BCUT2D eigenvalue weighted by atomic mass is 16.2. The van der Waals surface area contributed by atoms with Crippen LogP contribution in [0.25, 0.3) is 0 Å². The van der Waals surface area contributed by atoms with Gasteiger partial charge in [0.25, 0.3) is 5.91 Å². The van der Waals surface area contributed by atoms with E-state index in [0.717, 1.165) is 24.1 Å². The van der Waals surface area contributed by atoms with Crippen LogP contribution in [0.5, 0.6) is 0 Å². The second kappa shape index (κ2) is 4.73. The van der Waals surface area contributed by atoms with Crippen molar-refractivity contribution in [2.24, 2.45) is 0 Å². The average Bonchev–Trinajstić information content (AvgIpc) is 2.79. The summed E-state index contributed by atoms with van der Waals surface area (Å²) in [5.74, 6) is 0.165. The number of carbonyl (C=O) groups excluding carboxylic acids is 1. The lowest BCUT2D eigenvalue weighted by Gasteiger charge is -2.42. The van der Waals surface area contributed by atoms with Crippen LogP contribution in [0.2, 0.25) is 0 Å². The van der Waals surface area contributed by atoms with E-state index in [1.807, 2.05) is 30.3 Å². The van der Waals surface area contributed by atoms with Gasteiger partial charge in [-0.3, -0.25) is 9.69 Å². The summed E-state index contributed by atoms with van der Waals surface area (Å²) in [5.41, 5.74) is 3.04. The molecule has 1 spiro atoms. The molecular formula is C19H19NO. The largest absolute Gasteiger partial charge is 0.298 e. The molecule has 4 rings (SSSR count). The summed E-state index contributed by atoms with van der Waals surface area (Å²) in [4.78, 5) is 15.1. The molecule has 0 radical (unpaired) electrons. The zero-order valence-electron chi connectivity index (χ0n) is 12.1. The Kier molecular flexibility index (Phi) is 2.85. The second-order valence-electron chi connectivity index (χ2n) is 6.11. The molecule has 2 aliphatic rings. The van der Waals surface area contributed by atoms with E-state index in [0.29, 0.717) is 0 Å². The van der Waals surface area contributed by atoms with Gasteiger partial charge in [-0.05, 0) is 36.6 Å². The maximum absolute atomic E-state index is 13.0. The number of anilines is 1. The van der Waals surface area contributed by atoms with Crippen molar-refractivity contribution in [2.75, 3.05) is 4.90 Å². The highest BCUT2D eigenvalue weighted by Crippen LogP contribution is 2.50. The van der Waals surface area contributed by atoms with Gasteiger partial charge in [-0.15, -0.1) is 0 Å². The molecule has 0 atom stereocenters. The number of benzene rings is 2. The van der Waals surface area contributed by atoms with E-state index in [4.69, 9.17) is 0 Å². The summed E-state index contributed by atoms with van der Waals surface area (Å²) in [6.07, 6.45) is 5.83. The number of fused-ring (bicyclic) bond motifs is 2. The smallest absolute Gasteiger partial charge is 0.259 e. The van der Waals surface area contributed by atoms with Crippen LogP contribution >= 0.6 is 0 Å². The van der Waals surface area contributed by atoms with Crippen molar-refractivity contribution in [3.8, 4) is 0 Å². The van der Waals surface area contributed by atoms with Crippen LogP contribution < -0.4 is 4.90 Å². The Bertz CT molecular complexity index is 671. The first-order valence-corrected chi connectivity index (χ1v) is 7.82. The van der Waals surface area contributed by atoms with E-state index in [2.05, 4.69) is 29.2 Å². The first kappa shape index (κ1) is 12.6. The molecule has 2 heteroatoms. The number of amides is 1. The molecule has 1 amide bonds. The number of hydrogen-bond acceptors (Lipinski definition) is 1. The van der Waals surface area contributed by atoms with Gasteiger partial charge in [-0.25, -0.2) is 0 Å². The molecule has 21 heavy (non-hydrogen) atoms. The summed E-state index contributed by atoms with van der Waals surface area (Å²) >= 11 is 0. The lowest BCUT2D eigenvalue weighted by Crippen LogP contribution is -2.45. The summed E-state index contributed by atoms with van der Waals surface area (Å²) < 4.78 is 0. The molecule has 2 aromatic rings. The number of carbonyl (C=O) groups is 1. The molecular weight excluding hydrogens is 258 g/mol. The molecule has 1 aliphatic heterocycles. The van der Waals surface area contributed by atoms with E-state index in [9.17, 15) is 4.79 Å². The van der Waals surface area contributed by atoms with Gasteiger partial charge in [0.15, 0.2) is 0 Å². The van der Waals surface area contributed by atoms with Crippen molar-refractivity contribution in [2.45, 2.75) is 37.6 Å². The molecule has 1 fully saturated rings. The topological polar surface area (TPSA) is 20.3 Å². The van der Waals surface area contributed by atoms with Gasteiger partial charge in [0.2, 0.25) is 0 Å². The van der Waals surface area contributed by atoms with Gasteiger partial charge in [0.1, 0.15) is 0 Å². The third kappa shape index (κ3) is 1.75. The van der Waals surface area contributed by atoms with E-state index in [1.54, 1.807) is 0 Å². The van der Waals surface area contributed by atoms with Crippen molar-refractivity contribution >= 4 is 11.6 Å². The number of para-hydroxylation sites is 1. The molecule has 1 aliphatic carbocycles. The quantitative estimate of drug-likeness (QED) is 0.751. The molecule has 0 bridgehead atoms. The molecule has 2 aromatic carbocycles. The Morgan fingerprint density at radius 3 is 2.24 bits per heavy atom. The molecule has 106 valence electrons. The minimum atomic E-state index is -0.118. The van der Waals surface area contributed by atoms with E-state index >= 15 is 0 Å². The average molecular weight is 277 g/mol. The van der Waals surface area contributed by atoms with Crippen LogP contribution in [-0.4, -0.2) is 5.91 Å². The second-order valence-corrected chi connectivity index (χ2v) is 6.11. The van der Waals surface area contributed by atoms with Gasteiger partial charge in [0, 0.05) is 11.3 Å². The highest BCUT2D eigenvalue weighted by Gasteiger charge is 2.50. The lowest BCUT2D eigenvalue weighted by atomic mass is 9.76. The number of nitrogens with zero attached hydrogens (tertiary/aromatic N) is 1. The van der Waals surface area contributed by atoms with Crippen molar-refractivity contribution in [1.82, 2.24) is 0 Å². The zero-order valence-corrected chi connectivity index (χ0v) is 12.1. The van der Waals surface area contributed by atoms with Crippen LogP contribution in [0, 0.1) is 0 Å². The van der Waals surface area contributed by atoms with Crippen LogP contribution in [0.15, 0.2) is 54.6 Å². The predicted octanol–water partition coefficient (Wildman–Crippen LogP) is 4.51. The minimum absolute atomic E-state index is 0.118. The molecule has 1 heterocycles. The van der Waals surface area contributed by atoms with E-state index < -0.39 is 0 Å². The summed E-state index contributed by atoms with van der Waals surface area (Å²) in [5, 5.41) is 0. The van der Waals surface area contributed by atoms with Crippen molar-refractivity contribution in [1.29, 1.82) is 0 Å². The molecule has 0 saturated heterocycles. The van der Waals surface area contributed by atoms with E-state index in [-0.39, 0.29) is 11.4 Å². The highest BCUT2D eigenvalue weighted by molar-refractivity contribution is 6.12. The molecule has 2 nitrogen and oxygen atoms in total. The first-order valence-electron chi connectivity index (χ1n) is 7.82. The summed E-state index contributed by atoms with van der Waals surface area (Å²) in [6, 6.07) is 18.3. The van der Waals surface area contributed by atoms with E-state index in [1.165, 1.54) is 24.8 Å². The Balaban J connectivity index is 1.92. The fourth-order valence-electron chi connectivity index (χ4n) is 4.08. The Hall–Kier alpha value is -2.09. The maximum Gasteiger partial charge on any atom is 0.259 e. The van der Waals surface area contributed by atoms with Crippen LogP contribution in [0.4, 0.5) is 5.69 Å². The normalized spacial score (nSPS) is 19.8. The number of rotatable bonds is 1. The van der Waals surface area contributed by atoms with Crippen LogP contribution in [-0.2, 0) is 5.54 Å². The fraction of sp³-hybridized carbons (Fsp3) is 0.316. The van der Waals surface area contributed by atoms with Gasteiger partial charge in [-0.1, -0.05) is 55.7 Å². The standard InChI is InChI=1S/C19H19NO/c21-18-16-11-5-6-12-17(16)19(13-7-2-8-14-19)20(18)15-9-3-1-4-10-15/h1,3-6,9-12H,2,7-8,13-14H2.